The second-order valence-electron chi connectivity index (χ2n) is 9.41. The van der Waals surface area contributed by atoms with Crippen molar-refractivity contribution in [3.05, 3.63) is 70.9 Å². The Morgan fingerprint density at radius 3 is 2.85 bits per heavy atom. The van der Waals surface area contributed by atoms with E-state index in [-0.39, 0.29) is 5.41 Å². The summed E-state index contributed by atoms with van der Waals surface area (Å²) in [5.74, 6) is 0. The zero-order valence-electron chi connectivity index (χ0n) is 18.8. The number of rotatable bonds is 4. The van der Waals surface area contributed by atoms with Gasteiger partial charge in [0.25, 0.3) is 5.17 Å². The number of piperidine rings is 1. The molecular weight excluding hydrogens is 450 g/mol. The second kappa shape index (κ2) is 8.15. The number of thiocarbonyl (C=S) groups is 1. The number of ether oxygens (including phenoxy) is 1. The zero-order valence-corrected chi connectivity index (χ0v) is 20.4. The minimum absolute atomic E-state index is 0.147. The van der Waals surface area contributed by atoms with Crippen LogP contribution in [0.1, 0.15) is 43.5 Å². The number of aromatic nitrogens is 1. The number of hydrogen-bond donors (Lipinski definition) is 1. The van der Waals surface area contributed by atoms with E-state index >= 15 is 0 Å². The van der Waals surface area contributed by atoms with E-state index in [4.69, 9.17) is 28.6 Å². The van der Waals surface area contributed by atoms with Crippen LogP contribution in [-0.2, 0) is 11.2 Å². The molecule has 4 nitrogen and oxygen atoms in total. The smallest absolute Gasteiger partial charge is 0.261 e. The maximum atomic E-state index is 6.29. The van der Waals surface area contributed by atoms with E-state index in [2.05, 4.69) is 52.0 Å². The molecule has 4 heterocycles. The average molecular weight is 478 g/mol. The van der Waals surface area contributed by atoms with Gasteiger partial charge in [0.05, 0.1) is 28.0 Å². The molecule has 2 aromatic carbocycles. The standard InChI is InChI=1S/C27H28ClN3OS/c1-2-27-13-7-14-30-15-12-20-19-8-3-6-11-23(19)31(24(20)25(27)30)18(16-27)17-32-26(33)29-22-10-5-4-9-21(22)28/h3-6,8-11,16,25H,2,7,12-15,17H2,1H3,(H,29,33)/t25-,27+/m1/s1. The van der Waals surface area contributed by atoms with E-state index in [0.29, 0.717) is 22.8 Å². The first kappa shape index (κ1) is 21.2. The summed E-state index contributed by atoms with van der Waals surface area (Å²) in [7, 11) is 0. The van der Waals surface area contributed by atoms with Gasteiger partial charge in [0, 0.05) is 23.0 Å². The largest absolute Gasteiger partial charge is 0.464 e. The predicted octanol–water partition coefficient (Wildman–Crippen LogP) is 6.65. The minimum Gasteiger partial charge on any atom is -0.464 e. The lowest BCUT2D eigenvalue weighted by atomic mass is 9.66. The van der Waals surface area contributed by atoms with Crippen molar-refractivity contribution < 1.29 is 4.74 Å². The van der Waals surface area contributed by atoms with Gasteiger partial charge >= 0.3 is 0 Å². The van der Waals surface area contributed by atoms with Gasteiger partial charge in [0.2, 0.25) is 0 Å². The van der Waals surface area contributed by atoms with Crippen LogP contribution in [0.5, 0.6) is 0 Å². The van der Waals surface area contributed by atoms with Crippen molar-refractivity contribution >= 4 is 51.3 Å². The number of hydrogen-bond acceptors (Lipinski definition) is 3. The van der Waals surface area contributed by atoms with E-state index < -0.39 is 0 Å². The van der Waals surface area contributed by atoms with Crippen LogP contribution in [0.15, 0.2) is 54.6 Å². The van der Waals surface area contributed by atoms with Gasteiger partial charge in [-0.05, 0) is 68.2 Å². The van der Waals surface area contributed by atoms with Crippen molar-refractivity contribution in [1.82, 2.24) is 9.47 Å². The van der Waals surface area contributed by atoms with Gasteiger partial charge in [-0.1, -0.05) is 54.9 Å². The Bertz CT molecular complexity index is 1280. The topological polar surface area (TPSA) is 29.4 Å². The van der Waals surface area contributed by atoms with Crippen LogP contribution in [0.2, 0.25) is 5.02 Å². The second-order valence-corrected chi connectivity index (χ2v) is 10.2. The molecule has 1 aromatic heterocycles. The highest BCUT2D eigenvalue weighted by molar-refractivity contribution is 7.80. The summed E-state index contributed by atoms with van der Waals surface area (Å²) in [4.78, 5) is 2.72. The summed E-state index contributed by atoms with van der Waals surface area (Å²) in [5.41, 5.74) is 6.38. The fourth-order valence-electron chi connectivity index (χ4n) is 6.34. The molecule has 0 unspecified atom stereocenters. The van der Waals surface area contributed by atoms with Crippen LogP contribution in [0.3, 0.4) is 0 Å². The first-order valence-corrected chi connectivity index (χ1v) is 12.7. The van der Waals surface area contributed by atoms with E-state index in [1.165, 1.54) is 47.2 Å². The van der Waals surface area contributed by atoms with E-state index in [0.717, 1.165) is 25.1 Å². The molecule has 1 fully saturated rings. The molecule has 1 N–H and O–H groups in total. The molecular formula is C27H28ClN3OS. The number of fused-ring (bicyclic) bond motifs is 3. The lowest BCUT2D eigenvalue weighted by Gasteiger charge is -2.53. The molecule has 0 aliphatic carbocycles. The predicted molar refractivity (Wildman–Crippen MR) is 140 cm³/mol. The summed E-state index contributed by atoms with van der Waals surface area (Å²) in [5, 5.41) is 5.49. The number of nitrogens with one attached hydrogen (secondary N) is 1. The van der Waals surface area contributed by atoms with E-state index in [1.807, 2.05) is 24.3 Å². The number of halogens is 1. The van der Waals surface area contributed by atoms with Gasteiger partial charge in [-0.3, -0.25) is 4.90 Å². The summed E-state index contributed by atoms with van der Waals surface area (Å²) in [6.07, 6.45) is 7.21. The van der Waals surface area contributed by atoms with Crippen molar-refractivity contribution in [3.63, 3.8) is 0 Å². The Kier molecular flexibility index (Phi) is 5.24. The van der Waals surface area contributed by atoms with Crippen molar-refractivity contribution in [2.75, 3.05) is 25.0 Å². The van der Waals surface area contributed by atoms with Crippen LogP contribution >= 0.6 is 23.8 Å². The monoisotopic (exact) mass is 477 g/mol. The highest BCUT2D eigenvalue weighted by atomic mass is 35.5. The molecule has 170 valence electrons. The molecule has 6 rings (SSSR count). The Hall–Kier alpha value is -2.34. The highest BCUT2D eigenvalue weighted by Gasteiger charge is 2.50. The van der Waals surface area contributed by atoms with Crippen LogP contribution in [0.4, 0.5) is 5.69 Å². The Balaban J connectivity index is 1.39. The molecule has 0 spiro atoms. The normalized spacial score (nSPS) is 23.7. The summed E-state index contributed by atoms with van der Waals surface area (Å²) in [6, 6.07) is 16.8. The summed E-state index contributed by atoms with van der Waals surface area (Å²) >= 11 is 11.8. The van der Waals surface area contributed by atoms with Gasteiger partial charge in [0.1, 0.15) is 6.61 Å². The lowest BCUT2D eigenvalue weighted by Crippen LogP contribution is -2.50. The number of nitrogens with zero attached hydrogens (tertiary/aromatic N) is 2. The maximum Gasteiger partial charge on any atom is 0.261 e. The maximum absolute atomic E-state index is 6.29. The van der Waals surface area contributed by atoms with Gasteiger partial charge in [0.15, 0.2) is 0 Å². The number of anilines is 1. The first-order valence-electron chi connectivity index (χ1n) is 11.9. The van der Waals surface area contributed by atoms with E-state index in [1.54, 1.807) is 0 Å². The molecule has 0 radical (unpaired) electrons. The number of benzene rings is 2. The third-order valence-corrected chi connectivity index (χ3v) is 8.34. The number of para-hydroxylation sites is 2. The van der Waals surface area contributed by atoms with Crippen LogP contribution in [0.25, 0.3) is 16.6 Å². The lowest BCUT2D eigenvalue weighted by molar-refractivity contribution is 0.0264. The van der Waals surface area contributed by atoms with Crippen molar-refractivity contribution in [3.8, 4) is 0 Å². The molecule has 6 heteroatoms. The fraction of sp³-hybridized carbons (Fsp3) is 0.370. The van der Waals surface area contributed by atoms with Crippen LogP contribution in [0, 0.1) is 5.41 Å². The van der Waals surface area contributed by atoms with Crippen LogP contribution in [-0.4, -0.2) is 34.3 Å². The molecule has 0 saturated carbocycles. The molecule has 1 saturated heterocycles. The molecule has 3 aliphatic rings. The third-order valence-electron chi connectivity index (χ3n) is 7.79. The van der Waals surface area contributed by atoms with Crippen molar-refractivity contribution in [1.29, 1.82) is 0 Å². The van der Waals surface area contributed by atoms with Crippen molar-refractivity contribution in [2.45, 2.75) is 38.6 Å². The van der Waals surface area contributed by atoms with Crippen LogP contribution < -0.4 is 5.32 Å². The SMILES string of the molecule is CC[C@@]12C=C(COC(=S)Nc3ccccc3Cl)n3c4c(c5ccccc53)CCN(CCC1)[C@H]42. The van der Waals surface area contributed by atoms with Gasteiger partial charge in [-0.25, -0.2) is 0 Å². The van der Waals surface area contributed by atoms with Gasteiger partial charge in [-0.2, -0.15) is 0 Å². The highest BCUT2D eigenvalue weighted by Crippen LogP contribution is 2.56. The Morgan fingerprint density at radius 1 is 1.18 bits per heavy atom. The Labute approximate surface area is 205 Å². The van der Waals surface area contributed by atoms with Crippen molar-refractivity contribution in [2.24, 2.45) is 5.41 Å². The average Bonchev–Trinajstić information content (AvgIpc) is 3.18. The quantitative estimate of drug-likeness (QED) is 0.426. The molecule has 3 aromatic rings. The molecule has 33 heavy (non-hydrogen) atoms. The molecule has 0 bridgehead atoms. The molecule has 2 atom stereocenters. The first-order chi connectivity index (χ1) is 16.1. The summed E-state index contributed by atoms with van der Waals surface area (Å²) < 4.78 is 8.60. The molecule has 0 amide bonds. The van der Waals surface area contributed by atoms with Gasteiger partial charge in [-0.15, -0.1) is 0 Å². The van der Waals surface area contributed by atoms with Gasteiger partial charge < -0.3 is 14.6 Å². The summed E-state index contributed by atoms with van der Waals surface area (Å²) in [6.45, 7) is 5.11. The minimum atomic E-state index is 0.147. The van der Waals surface area contributed by atoms with E-state index in [9.17, 15) is 0 Å². The zero-order chi connectivity index (χ0) is 22.6. The third kappa shape index (κ3) is 3.32. The molecule has 3 aliphatic heterocycles. The fourth-order valence-corrected chi connectivity index (χ4v) is 6.69. The Morgan fingerprint density at radius 2 is 2.00 bits per heavy atom.